The zero-order valence-electron chi connectivity index (χ0n) is 19.4. The van der Waals surface area contributed by atoms with Crippen LogP contribution in [0.1, 0.15) is 15.9 Å². The van der Waals surface area contributed by atoms with Crippen LogP contribution in [0.25, 0.3) is 22.2 Å². The zero-order chi connectivity index (χ0) is 24.3. The molecule has 1 saturated heterocycles. The number of hydrogen-bond acceptors (Lipinski definition) is 5. The molecule has 1 amide bonds. The van der Waals surface area contributed by atoms with Crippen molar-refractivity contribution in [2.45, 2.75) is 13.0 Å². The fourth-order valence-electron chi connectivity index (χ4n) is 5.12. The van der Waals surface area contributed by atoms with Gasteiger partial charge in [-0.25, -0.2) is 4.98 Å². The summed E-state index contributed by atoms with van der Waals surface area (Å²) in [5, 5.41) is 4.71. The Hall–Kier alpha value is -3.71. The first-order valence-electron chi connectivity index (χ1n) is 11.6. The van der Waals surface area contributed by atoms with E-state index in [1.807, 2.05) is 54.3 Å². The highest BCUT2D eigenvalue weighted by Crippen LogP contribution is 2.47. The second kappa shape index (κ2) is 8.20. The van der Waals surface area contributed by atoms with Gasteiger partial charge < -0.3 is 10.2 Å². The smallest absolute Gasteiger partial charge is 0.259 e. The number of pyridine rings is 1. The van der Waals surface area contributed by atoms with E-state index < -0.39 is 0 Å². The molecule has 2 aromatic heterocycles. The number of nitrogens with zero attached hydrogens (tertiary/aromatic N) is 4. The quantitative estimate of drug-likeness (QED) is 0.470. The molecule has 1 aliphatic carbocycles. The van der Waals surface area contributed by atoms with Gasteiger partial charge in [-0.2, -0.15) is 4.98 Å². The van der Waals surface area contributed by atoms with Crippen LogP contribution < -0.4 is 10.9 Å². The van der Waals surface area contributed by atoms with Crippen molar-refractivity contribution in [1.29, 1.82) is 0 Å². The SMILES string of the molecule is Cc1ccc(C(=O)N2CC3C(C2)C3Nc2ncc3cc(-c4ccccc4Cl)c(=O)n(C)c3n2)cc1. The van der Waals surface area contributed by atoms with Gasteiger partial charge in [0.15, 0.2) is 0 Å². The predicted molar refractivity (Wildman–Crippen MR) is 137 cm³/mol. The molecule has 1 N–H and O–H groups in total. The number of aromatic nitrogens is 3. The molecule has 2 atom stereocenters. The number of halogens is 1. The fraction of sp³-hybridized carbons (Fsp3) is 0.259. The third-order valence-electron chi connectivity index (χ3n) is 7.19. The van der Waals surface area contributed by atoms with Crippen LogP contribution in [0, 0.1) is 18.8 Å². The second-order valence-electron chi connectivity index (χ2n) is 9.45. The summed E-state index contributed by atoms with van der Waals surface area (Å²) in [5.74, 6) is 1.35. The summed E-state index contributed by atoms with van der Waals surface area (Å²) in [5.41, 5.74) is 3.48. The van der Waals surface area contributed by atoms with E-state index in [2.05, 4.69) is 15.3 Å². The van der Waals surface area contributed by atoms with E-state index in [0.29, 0.717) is 39.6 Å². The molecule has 2 aliphatic rings. The number of hydrogen-bond donors (Lipinski definition) is 1. The average molecular weight is 486 g/mol. The van der Waals surface area contributed by atoms with Crippen molar-refractivity contribution in [2.24, 2.45) is 18.9 Å². The zero-order valence-corrected chi connectivity index (χ0v) is 20.2. The number of carbonyl (C=O) groups is 1. The molecule has 176 valence electrons. The molecular weight excluding hydrogens is 462 g/mol. The summed E-state index contributed by atoms with van der Waals surface area (Å²) >= 11 is 6.33. The molecule has 3 heterocycles. The van der Waals surface area contributed by atoms with E-state index in [1.165, 1.54) is 4.57 Å². The molecule has 35 heavy (non-hydrogen) atoms. The maximum atomic E-state index is 13.1. The molecule has 0 spiro atoms. The van der Waals surface area contributed by atoms with Crippen molar-refractivity contribution in [3.63, 3.8) is 0 Å². The molecule has 2 fully saturated rings. The van der Waals surface area contributed by atoms with Crippen LogP contribution in [-0.2, 0) is 7.05 Å². The van der Waals surface area contributed by atoms with Gasteiger partial charge in [-0.3, -0.25) is 14.2 Å². The first-order valence-corrected chi connectivity index (χ1v) is 12.0. The number of aryl methyl sites for hydroxylation is 2. The number of carbonyl (C=O) groups excluding carboxylic acids is 1. The standard InChI is InChI=1S/C27H24ClN5O2/c1-15-7-9-16(10-8-15)25(34)33-13-20-21(14-33)23(20)30-27-29-12-17-11-19(18-5-3-4-6-22(18)28)26(35)32(2)24(17)31-27/h3-12,20-21,23H,13-14H2,1-2H3,(H,29,30,31). The third-order valence-corrected chi connectivity index (χ3v) is 7.52. The van der Waals surface area contributed by atoms with Gasteiger partial charge in [-0.05, 0) is 31.2 Å². The Labute approximate surface area is 207 Å². The summed E-state index contributed by atoms with van der Waals surface area (Å²) in [6.45, 7) is 3.46. The summed E-state index contributed by atoms with van der Waals surface area (Å²) in [6, 6.07) is 17.0. The molecule has 0 bridgehead atoms. The number of amides is 1. The van der Waals surface area contributed by atoms with Crippen LogP contribution in [0.5, 0.6) is 0 Å². The summed E-state index contributed by atoms with van der Waals surface area (Å²) in [7, 11) is 1.71. The Balaban J connectivity index is 1.18. The maximum Gasteiger partial charge on any atom is 0.259 e. The van der Waals surface area contributed by atoms with Crippen molar-refractivity contribution < 1.29 is 4.79 Å². The number of anilines is 1. The van der Waals surface area contributed by atoms with Gasteiger partial charge in [0.1, 0.15) is 5.65 Å². The monoisotopic (exact) mass is 485 g/mol. The van der Waals surface area contributed by atoms with Gasteiger partial charge in [0, 0.05) is 71.3 Å². The van der Waals surface area contributed by atoms with E-state index in [4.69, 9.17) is 11.6 Å². The average Bonchev–Trinajstić information content (AvgIpc) is 3.29. The summed E-state index contributed by atoms with van der Waals surface area (Å²) < 4.78 is 1.54. The normalized spacial score (nSPS) is 20.7. The number of likely N-dealkylation sites (tertiary alicyclic amines) is 1. The third kappa shape index (κ3) is 3.76. The van der Waals surface area contributed by atoms with Gasteiger partial charge in [-0.15, -0.1) is 0 Å². The number of benzene rings is 2. The van der Waals surface area contributed by atoms with Gasteiger partial charge in [0.05, 0.1) is 0 Å². The van der Waals surface area contributed by atoms with E-state index >= 15 is 0 Å². The molecule has 7 nitrogen and oxygen atoms in total. The predicted octanol–water partition coefficient (Wildman–Crippen LogP) is 4.14. The minimum absolute atomic E-state index is 0.0854. The highest BCUT2D eigenvalue weighted by molar-refractivity contribution is 6.33. The molecule has 1 saturated carbocycles. The van der Waals surface area contributed by atoms with E-state index in [9.17, 15) is 9.59 Å². The molecule has 1 aliphatic heterocycles. The van der Waals surface area contributed by atoms with Crippen LogP contribution in [0.2, 0.25) is 5.02 Å². The van der Waals surface area contributed by atoms with Crippen molar-refractivity contribution in [2.75, 3.05) is 18.4 Å². The maximum absolute atomic E-state index is 13.1. The molecule has 4 aromatic rings. The van der Waals surface area contributed by atoms with Gasteiger partial charge in [-0.1, -0.05) is 47.5 Å². The van der Waals surface area contributed by atoms with Crippen LogP contribution in [0.4, 0.5) is 5.95 Å². The lowest BCUT2D eigenvalue weighted by Gasteiger charge is -2.20. The number of rotatable bonds is 4. The van der Waals surface area contributed by atoms with Crippen LogP contribution in [-0.4, -0.2) is 44.5 Å². The molecule has 2 aromatic carbocycles. The lowest BCUT2D eigenvalue weighted by atomic mass is 10.1. The van der Waals surface area contributed by atoms with Crippen molar-refractivity contribution in [3.05, 3.63) is 87.3 Å². The lowest BCUT2D eigenvalue weighted by Crippen LogP contribution is -2.33. The fourth-order valence-corrected chi connectivity index (χ4v) is 5.36. The highest BCUT2D eigenvalue weighted by atomic mass is 35.5. The summed E-state index contributed by atoms with van der Waals surface area (Å²) in [6.07, 6.45) is 1.73. The lowest BCUT2D eigenvalue weighted by molar-refractivity contribution is 0.0774. The topological polar surface area (TPSA) is 80.1 Å². The minimum Gasteiger partial charge on any atom is -0.351 e. The van der Waals surface area contributed by atoms with E-state index in [0.717, 1.165) is 29.6 Å². The number of fused-ring (bicyclic) bond motifs is 2. The van der Waals surface area contributed by atoms with Crippen molar-refractivity contribution in [1.82, 2.24) is 19.4 Å². The van der Waals surface area contributed by atoms with Crippen molar-refractivity contribution >= 4 is 34.5 Å². The van der Waals surface area contributed by atoms with Crippen LogP contribution in [0.15, 0.2) is 65.6 Å². The van der Waals surface area contributed by atoms with Gasteiger partial charge >= 0.3 is 0 Å². The highest BCUT2D eigenvalue weighted by Gasteiger charge is 2.57. The molecule has 0 radical (unpaired) electrons. The Morgan fingerprint density at radius 1 is 1.06 bits per heavy atom. The first-order chi connectivity index (χ1) is 16.9. The largest absolute Gasteiger partial charge is 0.351 e. The molecule has 8 heteroatoms. The Kier molecular flexibility index (Phi) is 5.11. The van der Waals surface area contributed by atoms with Crippen LogP contribution in [0.3, 0.4) is 0 Å². The minimum atomic E-state index is -0.163. The molecule has 6 rings (SSSR count). The summed E-state index contributed by atoms with van der Waals surface area (Å²) in [4.78, 5) is 36.9. The first kappa shape index (κ1) is 21.8. The number of nitrogens with one attached hydrogen (secondary N) is 1. The Morgan fingerprint density at radius 2 is 1.77 bits per heavy atom. The van der Waals surface area contributed by atoms with Crippen LogP contribution >= 0.6 is 11.6 Å². The number of piperidine rings is 1. The molecular formula is C27H24ClN5O2. The second-order valence-corrected chi connectivity index (χ2v) is 9.86. The van der Waals surface area contributed by atoms with Gasteiger partial charge in [0.25, 0.3) is 11.5 Å². The Morgan fingerprint density at radius 3 is 2.49 bits per heavy atom. The Bertz CT molecular complexity index is 1520. The molecule has 2 unspecified atom stereocenters. The van der Waals surface area contributed by atoms with E-state index in [-0.39, 0.29) is 17.5 Å². The van der Waals surface area contributed by atoms with E-state index in [1.54, 1.807) is 25.4 Å². The van der Waals surface area contributed by atoms with Gasteiger partial charge in [0.2, 0.25) is 5.95 Å². The van der Waals surface area contributed by atoms with Crippen molar-refractivity contribution in [3.8, 4) is 11.1 Å².